The van der Waals surface area contributed by atoms with Crippen molar-refractivity contribution in [3.63, 3.8) is 0 Å². The molecule has 1 aliphatic carbocycles. The summed E-state index contributed by atoms with van der Waals surface area (Å²) in [5.41, 5.74) is 0.390. The van der Waals surface area contributed by atoms with E-state index in [1.54, 1.807) is 0 Å². The minimum atomic E-state index is -0.652. The van der Waals surface area contributed by atoms with Gasteiger partial charge in [-0.1, -0.05) is 19.9 Å². The van der Waals surface area contributed by atoms with Gasteiger partial charge in [-0.25, -0.2) is 4.79 Å². The summed E-state index contributed by atoms with van der Waals surface area (Å²) in [6.45, 7) is 4.09. The van der Waals surface area contributed by atoms with E-state index in [-0.39, 0.29) is 5.41 Å². The first kappa shape index (κ1) is 10.3. The molecule has 0 aromatic rings. The van der Waals surface area contributed by atoms with Crippen LogP contribution in [0.3, 0.4) is 0 Å². The lowest BCUT2D eigenvalue weighted by atomic mass is 9.78. The number of carbonyl (C=O) groups excluding carboxylic acids is 1. The van der Waals surface area contributed by atoms with Gasteiger partial charge in [0.15, 0.2) is 0 Å². The Morgan fingerprint density at radius 1 is 1.69 bits per heavy atom. The van der Waals surface area contributed by atoms with Crippen LogP contribution in [-0.4, -0.2) is 24.3 Å². The average Bonchev–Trinajstić information content (AvgIpc) is 2.08. The number of allylic oxidation sites excluding steroid dienone is 1. The lowest BCUT2D eigenvalue weighted by Gasteiger charge is -2.29. The molecule has 0 saturated carbocycles. The van der Waals surface area contributed by atoms with Gasteiger partial charge >= 0.3 is 5.97 Å². The zero-order chi connectivity index (χ0) is 10.1. The third kappa shape index (κ3) is 2.31. The minimum absolute atomic E-state index is 0.0112. The van der Waals surface area contributed by atoms with Gasteiger partial charge in [0.05, 0.1) is 18.8 Å². The number of carbonyl (C=O) groups is 1. The number of hydrogen-bond donors (Lipinski definition) is 1. The largest absolute Gasteiger partial charge is 0.466 e. The molecule has 0 aromatic heterocycles. The third-order valence-corrected chi connectivity index (χ3v) is 2.39. The summed E-state index contributed by atoms with van der Waals surface area (Å²) in [6.07, 6.45) is 2.69. The van der Waals surface area contributed by atoms with Gasteiger partial charge in [0.25, 0.3) is 0 Å². The van der Waals surface area contributed by atoms with Crippen molar-refractivity contribution < 1.29 is 14.6 Å². The third-order valence-electron chi connectivity index (χ3n) is 2.39. The SMILES string of the molecule is COC(=O)C1=CC(C)(C)CCC1O. The molecule has 13 heavy (non-hydrogen) atoms. The van der Waals surface area contributed by atoms with Crippen LogP contribution < -0.4 is 0 Å². The van der Waals surface area contributed by atoms with Gasteiger partial charge in [0.2, 0.25) is 0 Å². The highest BCUT2D eigenvalue weighted by atomic mass is 16.5. The van der Waals surface area contributed by atoms with Gasteiger partial charge in [-0.2, -0.15) is 0 Å². The summed E-state index contributed by atoms with van der Waals surface area (Å²) in [4.78, 5) is 11.2. The standard InChI is InChI=1S/C10H16O3/c1-10(2)5-4-8(11)7(6-10)9(12)13-3/h6,8,11H,4-5H2,1-3H3. The molecule has 0 amide bonds. The zero-order valence-corrected chi connectivity index (χ0v) is 8.33. The Morgan fingerprint density at radius 2 is 2.31 bits per heavy atom. The fourth-order valence-electron chi connectivity index (χ4n) is 1.57. The predicted molar refractivity (Wildman–Crippen MR) is 49.1 cm³/mol. The molecule has 74 valence electrons. The molecule has 1 atom stereocenters. The van der Waals surface area contributed by atoms with Crippen LogP contribution in [0, 0.1) is 5.41 Å². The van der Waals surface area contributed by atoms with Crippen LogP contribution in [0.25, 0.3) is 0 Å². The monoisotopic (exact) mass is 184 g/mol. The van der Waals surface area contributed by atoms with E-state index < -0.39 is 12.1 Å². The molecule has 3 heteroatoms. The predicted octanol–water partition coefficient (Wildman–Crippen LogP) is 1.27. The molecular weight excluding hydrogens is 168 g/mol. The van der Waals surface area contributed by atoms with Crippen LogP contribution in [0.4, 0.5) is 0 Å². The maximum Gasteiger partial charge on any atom is 0.336 e. The van der Waals surface area contributed by atoms with Gasteiger partial charge in [0, 0.05) is 0 Å². The molecule has 1 rings (SSSR count). The van der Waals surface area contributed by atoms with Crippen molar-refractivity contribution >= 4 is 5.97 Å². The summed E-state index contributed by atoms with van der Waals surface area (Å²) in [7, 11) is 1.33. The first-order chi connectivity index (χ1) is 5.96. The van der Waals surface area contributed by atoms with E-state index >= 15 is 0 Å². The van der Waals surface area contributed by atoms with Crippen molar-refractivity contribution in [3.05, 3.63) is 11.6 Å². The van der Waals surface area contributed by atoms with Gasteiger partial charge < -0.3 is 9.84 Å². The van der Waals surface area contributed by atoms with Crippen LogP contribution in [0.15, 0.2) is 11.6 Å². The van der Waals surface area contributed by atoms with Crippen molar-refractivity contribution in [3.8, 4) is 0 Å². The fraction of sp³-hybridized carbons (Fsp3) is 0.700. The topological polar surface area (TPSA) is 46.5 Å². The lowest BCUT2D eigenvalue weighted by molar-refractivity contribution is -0.137. The summed E-state index contributed by atoms with van der Waals surface area (Å²) in [5, 5.41) is 9.53. The maximum absolute atomic E-state index is 11.2. The van der Waals surface area contributed by atoms with Crippen molar-refractivity contribution in [1.82, 2.24) is 0 Å². The fourth-order valence-corrected chi connectivity index (χ4v) is 1.57. The number of rotatable bonds is 1. The summed E-state index contributed by atoms with van der Waals surface area (Å²) in [5.74, 6) is -0.416. The van der Waals surface area contributed by atoms with Crippen LogP contribution in [0.1, 0.15) is 26.7 Å². The first-order valence-corrected chi connectivity index (χ1v) is 4.45. The average molecular weight is 184 g/mol. The Hall–Kier alpha value is -0.830. The molecular formula is C10H16O3. The molecule has 0 fully saturated rings. The van der Waals surface area contributed by atoms with E-state index in [1.165, 1.54) is 7.11 Å². The summed E-state index contributed by atoms with van der Waals surface area (Å²) < 4.78 is 4.59. The molecule has 0 aliphatic heterocycles. The normalized spacial score (nSPS) is 26.5. The Bertz CT molecular complexity index is 241. The second-order valence-electron chi connectivity index (χ2n) is 4.13. The van der Waals surface area contributed by atoms with Crippen LogP contribution in [-0.2, 0) is 9.53 Å². The van der Waals surface area contributed by atoms with Crippen LogP contribution >= 0.6 is 0 Å². The zero-order valence-electron chi connectivity index (χ0n) is 8.33. The molecule has 0 saturated heterocycles. The Morgan fingerprint density at radius 3 is 2.85 bits per heavy atom. The highest BCUT2D eigenvalue weighted by molar-refractivity contribution is 5.89. The highest BCUT2D eigenvalue weighted by Crippen LogP contribution is 2.33. The molecule has 0 radical (unpaired) electrons. The van der Waals surface area contributed by atoms with Crippen LogP contribution in [0.5, 0.6) is 0 Å². The minimum Gasteiger partial charge on any atom is -0.466 e. The van der Waals surface area contributed by atoms with Crippen molar-refractivity contribution in [2.45, 2.75) is 32.8 Å². The van der Waals surface area contributed by atoms with Crippen molar-refractivity contribution in [2.24, 2.45) is 5.41 Å². The van der Waals surface area contributed by atoms with Gasteiger partial charge in [-0.05, 0) is 18.3 Å². The molecule has 0 heterocycles. The number of esters is 1. The number of hydrogen-bond acceptors (Lipinski definition) is 3. The highest BCUT2D eigenvalue weighted by Gasteiger charge is 2.30. The molecule has 1 N–H and O–H groups in total. The van der Waals surface area contributed by atoms with E-state index in [1.807, 2.05) is 19.9 Å². The number of methoxy groups -OCH3 is 1. The summed E-state index contributed by atoms with van der Waals surface area (Å²) >= 11 is 0. The number of ether oxygens (including phenoxy) is 1. The molecule has 0 spiro atoms. The molecule has 1 aliphatic rings. The Balaban J connectivity index is 2.90. The second kappa shape index (κ2) is 3.50. The molecule has 1 unspecified atom stereocenters. The number of aliphatic hydroxyl groups is 1. The smallest absolute Gasteiger partial charge is 0.336 e. The van der Waals surface area contributed by atoms with Gasteiger partial charge in [-0.3, -0.25) is 0 Å². The van der Waals surface area contributed by atoms with E-state index in [4.69, 9.17) is 0 Å². The van der Waals surface area contributed by atoms with E-state index in [9.17, 15) is 9.90 Å². The molecule has 0 bridgehead atoms. The molecule has 0 aromatic carbocycles. The van der Waals surface area contributed by atoms with E-state index in [0.29, 0.717) is 12.0 Å². The molecule has 3 nitrogen and oxygen atoms in total. The quantitative estimate of drug-likeness (QED) is 0.624. The van der Waals surface area contributed by atoms with Gasteiger partial charge in [-0.15, -0.1) is 0 Å². The Labute approximate surface area is 78.4 Å². The maximum atomic E-state index is 11.2. The van der Waals surface area contributed by atoms with Crippen molar-refractivity contribution in [1.29, 1.82) is 0 Å². The number of aliphatic hydroxyl groups excluding tert-OH is 1. The lowest BCUT2D eigenvalue weighted by Crippen LogP contribution is -2.28. The first-order valence-electron chi connectivity index (χ1n) is 4.45. The Kier molecular flexibility index (Phi) is 2.76. The summed E-state index contributed by atoms with van der Waals surface area (Å²) in [6, 6.07) is 0. The van der Waals surface area contributed by atoms with E-state index in [2.05, 4.69) is 4.74 Å². The van der Waals surface area contributed by atoms with Crippen LogP contribution in [0.2, 0.25) is 0 Å². The van der Waals surface area contributed by atoms with E-state index in [0.717, 1.165) is 6.42 Å². The van der Waals surface area contributed by atoms with Gasteiger partial charge in [0.1, 0.15) is 0 Å². The second-order valence-corrected chi connectivity index (χ2v) is 4.13. The van der Waals surface area contributed by atoms with Crippen molar-refractivity contribution in [2.75, 3.05) is 7.11 Å².